The van der Waals surface area contributed by atoms with Gasteiger partial charge in [-0.05, 0) is 24.3 Å². The van der Waals surface area contributed by atoms with Gasteiger partial charge in [0.15, 0.2) is 0 Å². The van der Waals surface area contributed by atoms with Crippen LogP contribution in [0.2, 0.25) is 0 Å². The standard InChI is InChI=1S/C13H17FN2O2/c1-8-3-4-16(7-9(8)2)12-11(13(17)18)5-10(14)6-15-12/h5-6,8-9H,3-4,7H2,1-2H3,(H,17,18). The molecule has 0 spiro atoms. The monoisotopic (exact) mass is 252 g/mol. The third-order valence-corrected chi connectivity index (χ3v) is 3.70. The van der Waals surface area contributed by atoms with Gasteiger partial charge in [0, 0.05) is 13.1 Å². The van der Waals surface area contributed by atoms with E-state index in [1.54, 1.807) is 0 Å². The van der Waals surface area contributed by atoms with Crippen molar-refractivity contribution in [2.45, 2.75) is 20.3 Å². The Kier molecular flexibility index (Phi) is 3.50. The lowest BCUT2D eigenvalue weighted by Crippen LogP contribution is -2.39. The highest BCUT2D eigenvalue weighted by Gasteiger charge is 2.26. The molecule has 1 fully saturated rings. The number of carboxylic acid groups (broad SMARTS) is 1. The molecule has 4 nitrogen and oxygen atoms in total. The Morgan fingerprint density at radius 2 is 2.22 bits per heavy atom. The minimum atomic E-state index is -1.14. The third kappa shape index (κ3) is 2.44. The maximum absolute atomic E-state index is 13.1. The molecule has 0 aromatic carbocycles. The van der Waals surface area contributed by atoms with Gasteiger partial charge in [-0.1, -0.05) is 13.8 Å². The van der Waals surface area contributed by atoms with Gasteiger partial charge >= 0.3 is 5.97 Å². The van der Waals surface area contributed by atoms with Crippen molar-refractivity contribution >= 4 is 11.8 Å². The second-order valence-corrected chi connectivity index (χ2v) is 5.02. The van der Waals surface area contributed by atoms with E-state index in [4.69, 9.17) is 5.11 Å². The van der Waals surface area contributed by atoms with Gasteiger partial charge in [-0.15, -0.1) is 0 Å². The molecule has 18 heavy (non-hydrogen) atoms. The zero-order valence-corrected chi connectivity index (χ0v) is 10.6. The Morgan fingerprint density at radius 3 is 2.83 bits per heavy atom. The molecule has 0 aliphatic carbocycles. The van der Waals surface area contributed by atoms with Crippen LogP contribution in [0.15, 0.2) is 12.3 Å². The fraction of sp³-hybridized carbons (Fsp3) is 0.538. The molecule has 1 N–H and O–H groups in total. The Labute approximate surface area is 105 Å². The number of carboxylic acids is 1. The van der Waals surface area contributed by atoms with Gasteiger partial charge in [0.25, 0.3) is 0 Å². The largest absolute Gasteiger partial charge is 0.478 e. The van der Waals surface area contributed by atoms with Crippen LogP contribution in [0, 0.1) is 17.7 Å². The average molecular weight is 252 g/mol. The van der Waals surface area contributed by atoms with Crippen LogP contribution in [0.25, 0.3) is 0 Å². The van der Waals surface area contributed by atoms with E-state index in [9.17, 15) is 9.18 Å². The van der Waals surface area contributed by atoms with Gasteiger partial charge in [0.2, 0.25) is 0 Å². The summed E-state index contributed by atoms with van der Waals surface area (Å²) in [5.41, 5.74) is -0.0586. The Morgan fingerprint density at radius 1 is 1.50 bits per heavy atom. The fourth-order valence-electron chi connectivity index (χ4n) is 2.30. The third-order valence-electron chi connectivity index (χ3n) is 3.70. The summed E-state index contributed by atoms with van der Waals surface area (Å²) in [5.74, 6) is -0.275. The van der Waals surface area contributed by atoms with Crippen molar-refractivity contribution in [3.05, 3.63) is 23.6 Å². The summed E-state index contributed by atoms with van der Waals surface area (Å²) < 4.78 is 13.1. The van der Waals surface area contributed by atoms with E-state index in [1.807, 2.05) is 4.90 Å². The van der Waals surface area contributed by atoms with Gasteiger partial charge in [-0.25, -0.2) is 14.2 Å². The second-order valence-electron chi connectivity index (χ2n) is 5.02. The summed E-state index contributed by atoms with van der Waals surface area (Å²) in [6.07, 6.45) is 2.07. The quantitative estimate of drug-likeness (QED) is 0.878. The Bertz CT molecular complexity index is 464. The number of anilines is 1. The Balaban J connectivity index is 2.30. The van der Waals surface area contributed by atoms with Crippen molar-refractivity contribution in [3.63, 3.8) is 0 Å². The number of carbonyl (C=O) groups is 1. The average Bonchev–Trinajstić information content (AvgIpc) is 2.32. The van der Waals surface area contributed by atoms with Crippen LogP contribution in [-0.2, 0) is 0 Å². The van der Waals surface area contributed by atoms with E-state index < -0.39 is 11.8 Å². The molecule has 1 aromatic rings. The molecular formula is C13H17FN2O2. The molecule has 0 radical (unpaired) electrons. The minimum absolute atomic E-state index is 0.0586. The zero-order chi connectivity index (χ0) is 13.3. The van der Waals surface area contributed by atoms with Crippen molar-refractivity contribution in [1.82, 2.24) is 4.98 Å². The summed E-state index contributed by atoms with van der Waals surface area (Å²) in [7, 11) is 0. The van der Waals surface area contributed by atoms with Crippen LogP contribution in [0.4, 0.5) is 10.2 Å². The van der Waals surface area contributed by atoms with Gasteiger partial charge in [-0.2, -0.15) is 0 Å². The van der Waals surface area contributed by atoms with Gasteiger partial charge in [0.05, 0.1) is 6.20 Å². The number of piperidine rings is 1. The van der Waals surface area contributed by atoms with Gasteiger partial charge in [-0.3, -0.25) is 0 Å². The molecule has 1 aliphatic heterocycles. The van der Waals surface area contributed by atoms with E-state index >= 15 is 0 Å². The zero-order valence-electron chi connectivity index (χ0n) is 10.6. The molecular weight excluding hydrogens is 235 g/mol. The van der Waals surface area contributed by atoms with Crippen LogP contribution < -0.4 is 4.90 Å². The topological polar surface area (TPSA) is 53.4 Å². The van der Waals surface area contributed by atoms with Crippen molar-refractivity contribution < 1.29 is 14.3 Å². The van der Waals surface area contributed by atoms with Gasteiger partial charge in [0.1, 0.15) is 17.2 Å². The molecule has 5 heteroatoms. The normalized spacial score (nSPS) is 24.1. The number of halogens is 1. The van der Waals surface area contributed by atoms with Crippen molar-refractivity contribution in [3.8, 4) is 0 Å². The first-order chi connectivity index (χ1) is 8.49. The van der Waals surface area contributed by atoms with Crippen molar-refractivity contribution in [2.75, 3.05) is 18.0 Å². The molecule has 2 atom stereocenters. The fourth-order valence-corrected chi connectivity index (χ4v) is 2.30. The number of aromatic carboxylic acids is 1. The summed E-state index contributed by atoms with van der Waals surface area (Å²) in [5, 5.41) is 9.11. The van der Waals surface area contributed by atoms with E-state index in [1.165, 1.54) is 0 Å². The van der Waals surface area contributed by atoms with E-state index in [-0.39, 0.29) is 5.56 Å². The van der Waals surface area contributed by atoms with E-state index in [2.05, 4.69) is 18.8 Å². The number of nitrogens with zero attached hydrogens (tertiary/aromatic N) is 2. The maximum Gasteiger partial charge on any atom is 0.339 e. The summed E-state index contributed by atoms with van der Waals surface area (Å²) in [6.45, 7) is 5.86. The van der Waals surface area contributed by atoms with Crippen LogP contribution in [0.1, 0.15) is 30.6 Å². The van der Waals surface area contributed by atoms with Crippen LogP contribution in [0.3, 0.4) is 0 Å². The number of rotatable bonds is 2. The minimum Gasteiger partial charge on any atom is -0.478 e. The highest BCUT2D eigenvalue weighted by Crippen LogP contribution is 2.28. The first-order valence-corrected chi connectivity index (χ1v) is 6.13. The number of aromatic nitrogens is 1. The Hall–Kier alpha value is -1.65. The second kappa shape index (κ2) is 4.92. The number of hydrogen-bond donors (Lipinski definition) is 1. The highest BCUT2D eigenvalue weighted by atomic mass is 19.1. The first-order valence-electron chi connectivity index (χ1n) is 6.13. The molecule has 0 bridgehead atoms. The molecule has 0 amide bonds. The molecule has 1 aromatic heterocycles. The van der Waals surface area contributed by atoms with Crippen LogP contribution in [-0.4, -0.2) is 29.1 Å². The summed E-state index contributed by atoms with van der Waals surface area (Å²) in [6, 6.07) is 1.04. The lowest BCUT2D eigenvalue weighted by molar-refractivity contribution is 0.0696. The molecule has 1 aliphatic rings. The van der Waals surface area contributed by atoms with Crippen molar-refractivity contribution in [1.29, 1.82) is 0 Å². The first kappa shape index (κ1) is 12.8. The molecule has 0 saturated carbocycles. The predicted molar refractivity (Wildman–Crippen MR) is 66.3 cm³/mol. The predicted octanol–water partition coefficient (Wildman–Crippen LogP) is 2.40. The molecule has 2 heterocycles. The maximum atomic E-state index is 13.1. The smallest absolute Gasteiger partial charge is 0.339 e. The highest BCUT2D eigenvalue weighted by molar-refractivity contribution is 5.93. The molecule has 2 unspecified atom stereocenters. The van der Waals surface area contributed by atoms with Crippen molar-refractivity contribution in [2.24, 2.45) is 11.8 Å². The lowest BCUT2D eigenvalue weighted by atomic mass is 9.88. The SMILES string of the molecule is CC1CCN(c2ncc(F)cc2C(=O)O)CC1C. The van der Waals surface area contributed by atoms with E-state index in [0.29, 0.717) is 17.7 Å². The number of pyridine rings is 1. The summed E-state index contributed by atoms with van der Waals surface area (Å²) >= 11 is 0. The molecule has 1 saturated heterocycles. The van der Waals surface area contributed by atoms with E-state index in [0.717, 1.165) is 31.8 Å². The summed E-state index contributed by atoms with van der Waals surface area (Å²) in [4.78, 5) is 17.0. The van der Waals surface area contributed by atoms with Crippen LogP contribution in [0.5, 0.6) is 0 Å². The lowest BCUT2D eigenvalue weighted by Gasteiger charge is -2.36. The van der Waals surface area contributed by atoms with Gasteiger partial charge < -0.3 is 10.0 Å². The van der Waals surface area contributed by atoms with Crippen LogP contribution >= 0.6 is 0 Å². The number of hydrogen-bond acceptors (Lipinski definition) is 3. The molecule has 98 valence electrons. The molecule has 2 rings (SSSR count).